The second kappa shape index (κ2) is 11.1. The third-order valence-electron chi connectivity index (χ3n) is 5.47. The molecule has 0 heterocycles. The van der Waals surface area contributed by atoms with Gasteiger partial charge in [0.1, 0.15) is 5.60 Å². The van der Waals surface area contributed by atoms with Gasteiger partial charge >= 0.3 is 6.09 Å². The summed E-state index contributed by atoms with van der Waals surface area (Å²) in [6, 6.07) is 19.9. The van der Waals surface area contributed by atoms with E-state index < -0.39 is 32.2 Å². The lowest BCUT2D eigenvalue weighted by Gasteiger charge is -2.44. The van der Waals surface area contributed by atoms with Crippen molar-refractivity contribution in [3.63, 3.8) is 0 Å². The maximum absolute atomic E-state index is 12.5. The molecule has 180 valence electrons. The van der Waals surface area contributed by atoms with Crippen LogP contribution in [0.25, 0.3) is 0 Å². The molecule has 2 aromatic carbocycles. The number of rotatable bonds is 9. The van der Waals surface area contributed by atoms with Gasteiger partial charge in [-0.15, -0.1) is 6.58 Å². The largest absolute Gasteiger partial charge is 0.444 e. The van der Waals surface area contributed by atoms with Crippen LogP contribution in [0.5, 0.6) is 0 Å². The second-order valence-electron chi connectivity index (χ2n) is 10.3. The van der Waals surface area contributed by atoms with Crippen LogP contribution >= 0.6 is 0 Å². The zero-order chi connectivity index (χ0) is 24.7. The van der Waals surface area contributed by atoms with Crippen molar-refractivity contribution >= 4 is 24.8 Å². The number of benzene rings is 2. The van der Waals surface area contributed by atoms with E-state index in [0.717, 1.165) is 10.4 Å². The third kappa shape index (κ3) is 7.03. The predicted octanol–water partition coefficient (Wildman–Crippen LogP) is 4.39. The van der Waals surface area contributed by atoms with E-state index in [0.29, 0.717) is 6.42 Å². The third-order valence-corrected chi connectivity index (χ3v) is 10.5. The predicted molar refractivity (Wildman–Crippen MR) is 138 cm³/mol. The monoisotopic (exact) mass is 469 g/mol. The Labute approximate surface area is 200 Å². The van der Waals surface area contributed by atoms with Crippen molar-refractivity contribution in [1.29, 1.82) is 0 Å². The number of amides is 1. The van der Waals surface area contributed by atoms with E-state index in [9.17, 15) is 9.90 Å². The fourth-order valence-electron chi connectivity index (χ4n) is 4.02. The van der Waals surface area contributed by atoms with E-state index in [1.54, 1.807) is 26.8 Å². The van der Waals surface area contributed by atoms with Crippen LogP contribution in [0.15, 0.2) is 73.3 Å². The molecule has 2 atom stereocenters. The van der Waals surface area contributed by atoms with Crippen molar-refractivity contribution < 1.29 is 19.1 Å². The van der Waals surface area contributed by atoms with Gasteiger partial charge in [-0.05, 0) is 42.6 Å². The standard InChI is InChI=1S/C27H39NO4Si/c1-8-15-24(29)23(28-25(30)32-26(2,3)4)20-31-33(27(5,6)7,21-16-11-9-12-17-21)22-18-13-10-14-19-22/h8-14,16-19,23-24,29H,1,15,20H2,2-7H3,(H,28,30). The summed E-state index contributed by atoms with van der Waals surface area (Å²) in [6.07, 6.45) is 0.525. The van der Waals surface area contributed by atoms with Gasteiger partial charge in [-0.1, -0.05) is 87.5 Å². The molecule has 2 rings (SSSR count). The minimum absolute atomic E-state index is 0.140. The molecule has 1 amide bonds. The molecular weight excluding hydrogens is 430 g/mol. The van der Waals surface area contributed by atoms with Crippen LogP contribution in [0, 0.1) is 0 Å². The molecule has 0 aliphatic carbocycles. The minimum atomic E-state index is -2.81. The summed E-state index contributed by atoms with van der Waals surface area (Å²) in [5.41, 5.74) is -0.642. The van der Waals surface area contributed by atoms with Gasteiger partial charge in [-0.2, -0.15) is 0 Å². The number of aliphatic hydroxyl groups is 1. The number of carbonyl (C=O) groups is 1. The molecule has 0 aromatic heterocycles. The molecule has 2 unspecified atom stereocenters. The van der Waals surface area contributed by atoms with Crippen molar-refractivity contribution in [2.24, 2.45) is 0 Å². The molecule has 0 spiro atoms. The Hall–Kier alpha value is -2.41. The van der Waals surface area contributed by atoms with Gasteiger partial charge < -0.3 is 19.6 Å². The zero-order valence-corrected chi connectivity index (χ0v) is 21.8. The average molecular weight is 470 g/mol. The SMILES string of the molecule is C=CCC(O)C(CO[Si](c1ccccc1)(c1ccccc1)C(C)(C)C)NC(=O)OC(C)(C)C. The van der Waals surface area contributed by atoms with Gasteiger partial charge in [-0.25, -0.2) is 4.79 Å². The number of carbonyl (C=O) groups excluding carboxylic acids is 1. The Bertz CT molecular complexity index is 848. The second-order valence-corrected chi connectivity index (χ2v) is 14.6. The summed E-state index contributed by atoms with van der Waals surface area (Å²) < 4.78 is 12.3. The number of hydrogen-bond donors (Lipinski definition) is 2. The Balaban J connectivity index is 2.47. The van der Waals surface area contributed by atoms with E-state index in [-0.39, 0.29) is 11.6 Å². The van der Waals surface area contributed by atoms with Crippen molar-refractivity contribution in [1.82, 2.24) is 5.32 Å². The van der Waals surface area contributed by atoms with E-state index in [1.807, 2.05) is 36.4 Å². The first kappa shape index (κ1) is 26.8. The summed E-state index contributed by atoms with van der Waals surface area (Å²) in [7, 11) is -2.81. The molecular formula is C27H39NO4Si. The van der Waals surface area contributed by atoms with Crippen LogP contribution in [0.1, 0.15) is 48.0 Å². The molecule has 6 heteroatoms. The van der Waals surface area contributed by atoms with Crippen LogP contribution in [-0.2, 0) is 9.16 Å². The van der Waals surface area contributed by atoms with E-state index >= 15 is 0 Å². The molecule has 0 saturated carbocycles. The van der Waals surface area contributed by atoms with Crippen LogP contribution in [0.4, 0.5) is 4.79 Å². The van der Waals surface area contributed by atoms with Gasteiger partial charge in [0, 0.05) is 0 Å². The van der Waals surface area contributed by atoms with E-state index in [2.05, 4.69) is 56.9 Å². The quantitative estimate of drug-likeness (QED) is 0.422. The highest BCUT2D eigenvalue weighted by atomic mass is 28.4. The van der Waals surface area contributed by atoms with Gasteiger partial charge in [-0.3, -0.25) is 0 Å². The molecule has 5 nitrogen and oxygen atoms in total. The summed E-state index contributed by atoms with van der Waals surface area (Å²) >= 11 is 0. The first-order valence-electron chi connectivity index (χ1n) is 11.4. The minimum Gasteiger partial charge on any atom is -0.444 e. The fraction of sp³-hybridized carbons (Fsp3) is 0.444. The van der Waals surface area contributed by atoms with Gasteiger partial charge in [0.2, 0.25) is 0 Å². The van der Waals surface area contributed by atoms with Crippen molar-refractivity contribution in [2.75, 3.05) is 6.61 Å². The van der Waals surface area contributed by atoms with Crippen LogP contribution < -0.4 is 15.7 Å². The number of alkyl carbamates (subject to hydrolysis) is 1. The Morgan fingerprint density at radius 1 is 1.00 bits per heavy atom. The molecule has 2 N–H and O–H groups in total. The smallest absolute Gasteiger partial charge is 0.408 e. The number of nitrogens with one attached hydrogen (secondary N) is 1. The Morgan fingerprint density at radius 3 is 1.88 bits per heavy atom. The topological polar surface area (TPSA) is 67.8 Å². The van der Waals surface area contributed by atoms with Crippen molar-refractivity contribution in [3.05, 3.63) is 73.3 Å². The highest BCUT2D eigenvalue weighted by Gasteiger charge is 2.50. The Kier molecular flexibility index (Phi) is 9.06. The summed E-state index contributed by atoms with van der Waals surface area (Å²) in [6.45, 7) is 15.9. The lowest BCUT2D eigenvalue weighted by molar-refractivity contribution is 0.0367. The molecule has 0 aliphatic heterocycles. The summed E-state index contributed by atoms with van der Waals surface area (Å²) in [4.78, 5) is 12.5. The van der Waals surface area contributed by atoms with E-state index in [4.69, 9.17) is 9.16 Å². The number of aliphatic hydroxyl groups excluding tert-OH is 1. The summed E-state index contributed by atoms with van der Waals surface area (Å²) in [5, 5.41) is 15.7. The van der Waals surface area contributed by atoms with Crippen LogP contribution in [-0.4, -0.2) is 43.9 Å². The maximum atomic E-state index is 12.5. The first-order valence-corrected chi connectivity index (χ1v) is 13.3. The highest BCUT2D eigenvalue weighted by molar-refractivity contribution is 6.99. The van der Waals surface area contributed by atoms with Crippen LogP contribution in [0.3, 0.4) is 0 Å². The van der Waals surface area contributed by atoms with Crippen LogP contribution in [0.2, 0.25) is 5.04 Å². The molecule has 0 radical (unpaired) electrons. The normalized spacial score (nSPS) is 14.3. The highest BCUT2D eigenvalue weighted by Crippen LogP contribution is 2.36. The molecule has 0 saturated heterocycles. The molecule has 0 fully saturated rings. The molecule has 33 heavy (non-hydrogen) atoms. The van der Waals surface area contributed by atoms with Crippen molar-refractivity contribution in [2.45, 2.75) is 70.7 Å². The number of ether oxygens (including phenoxy) is 1. The lowest BCUT2D eigenvalue weighted by Crippen LogP contribution is -2.67. The van der Waals surface area contributed by atoms with Gasteiger partial charge in [0.05, 0.1) is 18.8 Å². The summed E-state index contributed by atoms with van der Waals surface area (Å²) in [5.74, 6) is 0. The Morgan fingerprint density at radius 2 is 1.48 bits per heavy atom. The molecule has 2 aromatic rings. The number of hydrogen-bond acceptors (Lipinski definition) is 4. The fourth-order valence-corrected chi connectivity index (χ4v) is 8.60. The lowest BCUT2D eigenvalue weighted by atomic mass is 10.1. The van der Waals surface area contributed by atoms with Gasteiger partial charge in [0.25, 0.3) is 8.32 Å². The zero-order valence-electron chi connectivity index (χ0n) is 20.8. The first-order chi connectivity index (χ1) is 15.4. The maximum Gasteiger partial charge on any atom is 0.408 e. The average Bonchev–Trinajstić information content (AvgIpc) is 2.72. The molecule has 0 aliphatic rings. The molecule has 0 bridgehead atoms. The van der Waals surface area contributed by atoms with Crippen molar-refractivity contribution in [3.8, 4) is 0 Å². The van der Waals surface area contributed by atoms with E-state index in [1.165, 1.54) is 0 Å². The van der Waals surface area contributed by atoms with Gasteiger partial charge in [0.15, 0.2) is 0 Å².